The van der Waals surface area contributed by atoms with Crippen molar-refractivity contribution in [3.8, 4) is 5.75 Å². The van der Waals surface area contributed by atoms with Crippen molar-refractivity contribution in [1.29, 1.82) is 0 Å². The van der Waals surface area contributed by atoms with Gasteiger partial charge >= 0.3 is 0 Å². The summed E-state index contributed by atoms with van der Waals surface area (Å²) in [5.41, 5.74) is 2.13. The van der Waals surface area contributed by atoms with Crippen LogP contribution in [0.2, 0.25) is 0 Å². The van der Waals surface area contributed by atoms with Crippen LogP contribution in [0.3, 0.4) is 0 Å². The first-order valence-corrected chi connectivity index (χ1v) is 13.0. The monoisotopic (exact) mass is 502 g/mol. The second-order valence-corrected chi connectivity index (χ2v) is 9.69. The molecule has 6 heteroatoms. The normalized spacial score (nSPS) is 14.5. The predicted molar refractivity (Wildman–Crippen MR) is 143 cm³/mol. The van der Waals surface area contributed by atoms with Crippen LogP contribution in [0.5, 0.6) is 5.75 Å². The number of halogens is 1. The molecule has 3 aromatic carbocycles. The molecule has 1 saturated carbocycles. The van der Waals surface area contributed by atoms with Gasteiger partial charge in [0.25, 0.3) is 0 Å². The third kappa shape index (κ3) is 7.42. The number of carbonyl (C=O) groups excluding carboxylic acids is 2. The molecule has 0 heterocycles. The number of hydrogen-bond acceptors (Lipinski definition) is 3. The topological polar surface area (TPSA) is 58.6 Å². The van der Waals surface area contributed by atoms with E-state index in [2.05, 4.69) is 5.32 Å². The maximum absolute atomic E-state index is 14.7. The Morgan fingerprint density at radius 2 is 1.59 bits per heavy atom. The van der Waals surface area contributed by atoms with Crippen LogP contribution in [-0.2, 0) is 29.0 Å². The molecule has 0 saturated heterocycles. The molecule has 1 aliphatic rings. The van der Waals surface area contributed by atoms with Gasteiger partial charge in [-0.3, -0.25) is 9.59 Å². The van der Waals surface area contributed by atoms with Gasteiger partial charge in [0, 0.05) is 24.6 Å². The first-order valence-electron chi connectivity index (χ1n) is 13.0. The Balaban J connectivity index is 1.65. The average molecular weight is 503 g/mol. The lowest BCUT2D eigenvalue weighted by molar-refractivity contribution is -0.141. The molecule has 0 spiro atoms. The molecule has 1 aliphatic carbocycles. The second kappa shape index (κ2) is 13.0. The Hall–Kier alpha value is -3.67. The summed E-state index contributed by atoms with van der Waals surface area (Å²) in [6.07, 6.45) is 5.68. The first kappa shape index (κ1) is 26.4. The number of nitrogens with zero attached hydrogens (tertiary/aromatic N) is 1. The van der Waals surface area contributed by atoms with Crippen LogP contribution < -0.4 is 10.1 Å². The van der Waals surface area contributed by atoms with Gasteiger partial charge in [0.05, 0.1) is 13.5 Å². The summed E-state index contributed by atoms with van der Waals surface area (Å²) in [5, 5.41) is 3.21. The SMILES string of the molecule is COc1ccc(CC(=O)N(Cc2ccccc2F)[C@H](Cc2ccccc2)C(=O)NC2CCCCC2)cc1. The van der Waals surface area contributed by atoms with Crippen LogP contribution in [0, 0.1) is 5.82 Å². The quantitative estimate of drug-likeness (QED) is 0.400. The minimum Gasteiger partial charge on any atom is -0.497 e. The van der Waals surface area contributed by atoms with E-state index in [1.807, 2.05) is 42.5 Å². The van der Waals surface area contributed by atoms with Crippen LogP contribution >= 0.6 is 0 Å². The summed E-state index contributed by atoms with van der Waals surface area (Å²) in [6, 6.07) is 22.7. The Kier molecular flexibility index (Phi) is 9.30. The number of carbonyl (C=O) groups is 2. The lowest BCUT2D eigenvalue weighted by Crippen LogP contribution is -2.53. The summed E-state index contributed by atoms with van der Waals surface area (Å²) in [5.74, 6) is -0.104. The molecule has 0 bridgehead atoms. The van der Waals surface area contributed by atoms with E-state index in [0.29, 0.717) is 17.7 Å². The van der Waals surface area contributed by atoms with Crippen molar-refractivity contribution >= 4 is 11.8 Å². The number of methoxy groups -OCH3 is 1. The fourth-order valence-electron chi connectivity index (χ4n) is 4.93. The second-order valence-electron chi connectivity index (χ2n) is 9.69. The summed E-state index contributed by atoms with van der Waals surface area (Å²) in [4.78, 5) is 29.1. The van der Waals surface area contributed by atoms with Crippen molar-refractivity contribution < 1.29 is 18.7 Å². The van der Waals surface area contributed by atoms with E-state index in [1.165, 1.54) is 12.5 Å². The van der Waals surface area contributed by atoms with Gasteiger partial charge in [-0.25, -0.2) is 4.39 Å². The highest BCUT2D eigenvalue weighted by Gasteiger charge is 2.32. The molecule has 0 aromatic heterocycles. The molecule has 194 valence electrons. The lowest BCUT2D eigenvalue weighted by Gasteiger charge is -2.33. The Morgan fingerprint density at radius 1 is 0.919 bits per heavy atom. The molecule has 1 N–H and O–H groups in total. The van der Waals surface area contributed by atoms with Crippen molar-refractivity contribution in [2.24, 2.45) is 0 Å². The molecular weight excluding hydrogens is 467 g/mol. The van der Waals surface area contributed by atoms with Gasteiger partial charge in [0.15, 0.2) is 0 Å². The van der Waals surface area contributed by atoms with E-state index >= 15 is 0 Å². The zero-order chi connectivity index (χ0) is 26.0. The Bertz CT molecular complexity index is 1160. The molecular formula is C31H35FN2O3. The maximum Gasteiger partial charge on any atom is 0.243 e. The number of nitrogens with one attached hydrogen (secondary N) is 1. The molecule has 1 fully saturated rings. The van der Waals surface area contributed by atoms with Gasteiger partial charge in [-0.2, -0.15) is 0 Å². The molecule has 0 aliphatic heterocycles. The molecule has 1 atom stereocenters. The number of amides is 2. The van der Waals surface area contributed by atoms with Crippen LogP contribution in [0.1, 0.15) is 48.8 Å². The highest BCUT2D eigenvalue weighted by Crippen LogP contribution is 2.21. The molecule has 2 amide bonds. The minimum absolute atomic E-state index is 0.0112. The lowest BCUT2D eigenvalue weighted by atomic mass is 9.94. The summed E-state index contributed by atoms with van der Waals surface area (Å²) >= 11 is 0. The summed E-state index contributed by atoms with van der Waals surface area (Å²) < 4.78 is 20.0. The first-order chi connectivity index (χ1) is 18.0. The fourth-order valence-corrected chi connectivity index (χ4v) is 4.93. The molecule has 4 rings (SSSR count). The van der Waals surface area contributed by atoms with E-state index in [4.69, 9.17) is 4.74 Å². The van der Waals surface area contributed by atoms with Crippen LogP contribution in [0.25, 0.3) is 0 Å². The van der Waals surface area contributed by atoms with Crippen molar-refractivity contribution in [3.05, 3.63) is 101 Å². The smallest absolute Gasteiger partial charge is 0.243 e. The van der Waals surface area contributed by atoms with E-state index in [-0.39, 0.29) is 30.8 Å². The number of benzene rings is 3. The van der Waals surface area contributed by atoms with Crippen molar-refractivity contribution in [3.63, 3.8) is 0 Å². The van der Waals surface area contributed by atoms with Gasteiger partial charge in [-0.1, -0.05) is 79.9 Å². The summed E-state index contributed by atoms with van der Waals surface area (Å²) in [6.45, 7) is 0.0112. The van der Waals surface area contributed by atoms with Gasteiger partial charge in [0.2, 0.25) is 11.8 Å². The van der Waals surface area contributed by atoms with Crippen LogP contribution in [0.4, 0.5) is 4.39 Å². The van der Waals surface area contributed by atoms with Crippen molar-refractivity contribution in [1.82, 2.24) is 10.2 Å². The fraction of sp³-hybridized carbons (Fsp3) is 0.355. The maximum atomic E-state index is 14.7. The minimum atomic E-state index is -0.769. The zero-order valence-corrected chi connectivity index (χ0v) is 21.4. The average Bonchev–Trinajstić information content (AvgIpc) is 2.93. The Labute approximate surface area is 218 Å². The largest absolute Gasteiger partial charge is 0.497 e. The van der Waals surface area contributed by atoms with Crippen molar-refractivity contribution in [2.75, 3.05) is 7.11 Å². The molecule has 3 aromatic rings. The van der Waals surface area contributed by atoms with Crippen LogP contribution in [0.15, 0.2) is 78.9 Å². The highest BCUT2D eigenvalue weighted by molar-refractivity contribution is 5.89. The molecule has 37 heavy (non-hydrogen) atoms. The highest BCUT2D eigenvalue weighted by atomic mass is 19.1. The molecule has 0 unspecified atom stereocenters. The van der Waals surface area contributed by atoms with E-state index in [9.17, 15) is 14.0 Å². The number of ether oxygens (including phenoxy) is 1. The third-order valence-corrected chi connectivity index (χ3v) is 7.04. The van der Waals surface area contributed by atoms with Gasteiger partial charge in [0.1, 0.15) is 17.6 Å². The zero-order valence-electron chi connectivity index (χ0n) is 21.4. The van der Waals surface area contributed by atoms with Crippen LogP contribution in [-0.4, -0.2) is 35.9 Å². The Morgan fingerprint density at radius 3 is 2.27 bits per heavy atom. The van der Waals surface area contributed by atoms with E-state index < -0.39 is 11.9 Å². The number of rotatable bonds is 10. The van der Waals surface area contributed by atoms with Gasteiger partial charge < -0.3 is 15.0 Å². The van der Waals surface area contributed by atoms with Crippen molar-refractivity contribution in [2.45, 2.75) is 63.6 Å². The predicted octanol–water partition coefficient (Wildman–Crippen LogP) is 5.47. The van der Waals surface area contributed by atoms with Gasteiger partial charge in [-0.15, -0.1) is 0 Å². The van der Waals surface area contributed by atoms with Gasteiger partial charge in [-0.05, 0) is 42.2 Å². The molecule has 0 radical (unpaired) electrons. The number of hydrogen-bond donors (Lipinski definition) is 1. The van der Waals surface area contributed by atoms with E-state index in [0.717, 1.165) is 36.8 Å². The standard InChI is InChI=1S/C31H35FN2O3/c1-37-27-18-16-24(17-19-27)21-30(35)34(22-25-12-8-9-15-28(25)32)29(20-23-10-4-2-5-11-23)31(36)33-26-13-6-3-7-14-26/h2,4-5,8-12,15-19,26,29H,3,6-7,13-14,20-22H2,1H3,(H,33,36)/t29-/m1/s1. The molecule has 5 nitrogen and oxygen atoms in total. The summed E-state index contributed by atoms with van der Waals surface area (Å²) in [7, 11) is 1.59. The third-order valence-electron chi connectivity index (χ3n) is 7.04. The van der Waals surface area contributed by atoms with E-state index in [1.54, 1.807) is 42.3 Å².